The van der Waals surface area contributed by atoms with Crippen molar-refractivity contribution in [2.45, 2.75) is 38.0 Å². The van der Waals surface area contributed by atoms with E-state index in [0.717, 1.165) is 41.7 Å². The van der Waals surface area contributed by atoms with Gasteiger partial charge in [0.15, 0.2) is 0 Å². The molecule has 41 heavy (non-hydrogen) atoms. The first-order valence-corrected chi connectivity index (χ1v) is 13.2. The minimum absolute atomic E-state index is 0.0103. The van der Waals surface area contributed by atoms with Crippen LogP contribution in [-0.2, 0) is 36.3 Å². The van der Waals surface area contributed by atoms with Crippen molar-refractivity contribution in [1.82, 2.24) is 25.1 Å². The number of hydroxylamine groups is 1. The van der Waals surface area contributed by atoms with Crippen LogP contribution in [0.25, 0.3) is 0 Å². The highest BCUT2D eigenvalue weighted by molar-refractivity contribution is 5.77. The Morgan fingerprint density at radius 2 is 1.76 bits per heavy atom. The van der Waals surface area contributed by atoms with Crippen molar-refractivity contribution in [3.63, 3.8) is 0 Å². The lowest BCUT2D eigenvalue weighted by Gasteiger charge is -2.33. The Morgan fingerprint density at radius 1 is 1.05 bits per heavy atom. The van der Waals surface area contributed by atoms with Crippen molar-refractivity contribution in [3.8, 4) is 5.75 Å². The molecule has 0 radical (unpaired) electrons. The summed E-state index contributed by atoms with van der Waals surface area (Å²) in [6, 6.07) is 18.4. The van der Waals surface area contributed by atoms with Crippen molar-refractivity contribution in [3.05, 3.63) is 113 Å². The smallest absolute Gasteiger partial charge is 0.247 e. The van der Waals surface area contributed by atoms with E-state index in [9.17, 15) is 18.7 Å². The normalized spacial score (nSPS) is 12.7. The minimum Gasteiger partial charge on any atom is -0.494 e. The van der Waals surface area contributed by atoms with Crippen LogP contribution in [0.2, 0.25) is 0 Å². The molecule has 3 aromatic carbocycles. The monoisotopic (exact) mass is 565 g/mol. The van der Waals surface area contributed by atoms with Gasteiger partial charge in [-0.15, -0.1) is 0 Å². The molecule has 0 saturated heterocycles. The molecule has 4 aromatic rings. The second-order valence-electron chi connectivity index (χ2n) is 10.0. The second kappa shape index (κ2) is 13.9. The van der Waals surface area contributed by atoms with Gasteiger partial charge >= 0.3 is 0 Å². The molecule has 0 aliphatic rings. The fourth-order valence-electron chi connectivity index (χ4n) is 4.69. The Hall–Kier alpha value is -4.19. The summed E-state index contributed by atoms with van der Waals surface area (Å²) >= 11 is 0. The van der Waals surface area contributed by atoms with Crippen LogP contribution in [0.4, 0.5) is 8.78 Å². The maximum atomic E-state index is 14.7. The van der Waals surface area contributed by atoms with Crippen LogP contribution < -0.4 is 10.2 Å². The number of aromatic nitrogens is 3. The Labute approximate surface area is 237 Å². The molecule has 0 aliphatic carbocycles. The fourth-order valence-corrected chi connectivity index (χ4v) is 4.69. The predicted octanol–water partition coefficient (Wildman–Crippen LogP) is 3.64. The van der Waals surface area contributed by atoms with Gasteiger partial charge in [-0.1, -0.05) is 42.5 Å². The van der Waals surface area contributed by atoms with Gasteiger partial charge in [0.25, 0.3) is 0 Å². The van der Waals surface area contributed by atoms with Gasteiger partial charge in [-0.25, -0.2) is 23.9 Å². The molecule has 0 saturated carbocycles. The number of aryl methyl sites for hydroxylation is 1. The molecule has 3 N–H and O–H groups in total. The maximum Gasteiger partial charge on any atom is 0.247 e. The Morgan fingerprint density at radius 3 is 2.41 bits per heavy atom. The van der Waals surface area contributed by atoms with Crippen molar-refractivity contribution in [2.24, 2.45) is 0 Å². The standard InChI is InChI=1S/C30H33F2N5O4/c1-36(18-30(39,19-37-21-33-20-34-37)27-13-10-25(31)16-28(27)32)17-24-6-4-22(5-7-24)3-2-14-41-26-11-8-23(9-12-26)15-29(38)35-40/h4-13,16,20-21,39-40H,2-3,14-15,17-19H2,1H3,(H,35,38). The molecule has 1 amide bonds. The predicted molar refractivity (Wildman–Crippen MR) is 147 cm³/mol. The van der Waals surface area contributed by atoms with Crippen molar-refractivity contribution in [1.29, 1.82) is 0 Å². The molecule has 0 bridgehead atoms. The highest BCUT2D eigenvalue weighted by Crippen LogP contribution is 2.28. The van der Waals surface area contributed by atoms with Crippen LogP contribution in [0.1, 0.15) is 28.7 Å². The number of ether oxygens (including phenoxy) is 1. The molecular weight excluding hydrogens is 532 g/mol. The average molecular weight is 566 g/mol. The van der Waals surface area contributed by atoms with Crippen LogP contribution >= 0.6 is 0 Å². The van der Waals surface area contributed by atoms with Gasteiger partial charge in [-0.05, 0) is 54.8 Å². The third kappa shape index (κ3) is 8.65. The highest BCUT2D eigenvalue weighted by atomic mass is 19.1. The summed E-state index contributed by atoms with van der Waals surface area (Å²) < 4.78 is 35.4. The van der Waals surface area contributed by atoms with Crippen LogP contribution in [0.3, 0.4) is 0 Å². The SMILES string of the molecule is CN(Cc1ccc(CCCOc2ccc(CC(=O)NO)cc2)cc1)CC(O)(Cn1cncn1)c1ccc(F)cc1F. The van der Waals surface area contributed by atoms with Gasteiger partial charge in [-0.3, -0.25) is 14.9 Å². The number of nitrogens with one attached hydrogen (secondary N) is 1. The maximum absolute atomic E-state index is 14.7. The van der Waals surface area contributed by atoms with E-state index in [-0.39, 0.29) is 25.1 Å². The largest absolute Gasteiger partial charge is 0.494 e. The number of benzene rings is 3. The number of hydrogen-bond acceptors (Lipinski definition) is 7. The topological polar surface area (TPSA) is 113 Å². The van der Waals surface area contributed by atoms with E-state index < -0.39 is 23.1 Å². The number of amides is 1. The third-order valence-electron chi connectivity index (χ3n) is 6.62. The van der Waals surface area contributed by atoms with E-state index >= 15 is 0 Å². The molecule has 0 aliphatic heterocycles. The van der Waals surface area contributed by atoms with Crippen LogP contribution in [-0.4, -0.2) is 56.1 Å². The fraction of sp³-hybridized carbons (Fsp3) is 0.300. The summed E-state index contributed by atoms with van der Waals surface area (Å²) in [5, 5.41) is 24.2. The molecule has 1 heterocycles. The van der Waals surface area contributed by atoms with Gasteiger partial charge in [0.2, 0.25) is 5.91 Å². The van der Waals surface area contributed by atoms with Crippen LogP contribution in [0.15, 0.2) is 79.4 Å². The van der Waals surface area contributed by atoms with Crippen LogP contribution in [0.5, 0.6) is 5.75 Å². The van der Waals surface area contributed by atoms with Crippen LogP contribution in [0, 0.1) is 11.6 Å². The summed E-state index contributed by atoms with van der Waals surface area (Å²) in [6.07, 6.45) is 4.51. The average Bonchev–Trinajstić information content (AvgIpc) is 3.45. The number of rotatable bonds is 14. The van der Waals surface area contributed by atoms with Gasteiger partial charge in [0.05, 0.1) is 19.6 Å². The molecule has 216 valence electrons. The Kier molecular flexibility index (Phi) is 10.1. The molecule has 1 aromatic heterocycles. The van der Waals surface area contributed by atoms with Gasteiger partial charge in [-0.2, -0.15) is 5.10 Å². The lowest BCUT2D eigenvalue weighted by molar-refractivity contribution is -0.128. The number of carbonyl (C=O) groups excluding carboxylic acids is 1. The molecule has 11 heteroatoms. The van der Waals surface area contributed by atoms with Crippen molar-refractivity contribution >= 4 is 5.91 Å². The van der Waals surface area contributed by atoms with E-state index in [1.807, 2.05) is 36.2 Å². The molecule has 4 rings (SSSR count). The molecular formula is C30H33F2N5O4. The van der Waals surface area contributed by atoms with Crippen molar-refractivity contribution in [2.75, 3.05) is 20.2 Å². The second-order valence-corrected chi connectivity index (χ2v) is 10.0. The van der Waals surface area contributed by atoms with Gasteiger partial charge in [0, 0.05) is 24.7 Å². The number of likely N-dealkylation sites (N-methyl/N-ethyl adjacent to an activating group) is 1. The van der Waals surface area contributed by atoms with E-state index in [1.165, 1.54) is 23.4 Å². The first-order valence-electron chi connectivity index (χ1n) is 13.2. The molecule has 1 atom stereocenters. The molecule has 0 spiro atoms. The third-order valence-corrected chi connectivity index (χ3v) is 6.62. The Balaban J connectivity index is 1.28. The molecule has 1 unspecified atom stereocenters. The van der Waals surface area contributed by atoms with Gasteiger partial charge < -0.3 is 9.84 Å². The number of halogens is 2. The Bertz CT molecular complexity index is 1400. The summed E-state index contributed by atoms with van der Waals surface area (Å²) in [7, 11) is 1.83. The first kappa shape index (κ1) is 29.8. The lowest BCUT2D eigenvalue weighted by atomic mass is 9.92. The molecule has 0 fully saturated rings. The van der Waals surface area contributed by atoms with E-state index in [0.29, 0.717) is 18.9 Å². The quantitative estimate of drug-likeness (QED) is 0.122. The van der Waals surface area contributed by atoms with E-state index in [4.69, 9.17) is 9.94 Å². The number of carbonyl (C=O) groups is 1. The number of aliphatic hydroxyl groups is 1. The minimum atomic E-state index is -1.67. The van der Waals surface area contributed by atoms with E-state index in [1.54, 1.807) is 29.7 Å². The zero-order valence-electron chi connectivity index (χ0n) is 22.7. The zero-order valence-corrected chi connectivity index (χ0v) is 22.7. The highest BCUT2D eigenvalue weighted by Gasteiger charge is 2.34. The number of hydrogen-bond donors (Lipinski definition) is 3. The zero-order chi connectivity index (χ0) is 29.2. The summed E-state index contributed by atoms with van der Waals surface area (Å²) in [4.78, 5) is 17.0. The van der Waals surface area contributed by atoms with Gasteiger partial charge in [0.1, 0.15) is 35.6 Å². The number of nitrogens with zero attached hydrogens (tertiary/aromatic N) is 4. The van der Waals surface area contributed by atoms with Crippen molar-refractivity contribution < 1.29 is 28.6 Å². The summed E-state index contributed by atoms with van der Waals surface area (Å²) in [5.41, 5.74) is 2.88. The van der Waals surface area contributed by atoms with E-state index in [2.05, 4.69) is 10.1 Å². The first-order chi connectivity index (χ1) is 19.7. The lowest BCUT2D eigenvalue weighted by Crippen LogP contribution is -2.43. The summed E-state index contributed by atoms with van der Waals surface area (Å²) in [6.45, 7) is 1.06. The summed E-state index contributed by atoms with van der Waals surface area (Å²) in [5.74, 6) is -1.30. The molecule has 9 nitrogen and oxygen atoms in total.